The van der Waals surface area contributed by atoms with E-state index in [0.29, 0.717) is 24.3 Å². The lowest BCUT2D eigenvalue weighted by Gasteiger charge is -2.39. The summed E-state index contributed by atoms with van der Waals surface area (Å²) in [4.78, 5) is 25.9. The van der Waals surface area contributed by atoms with E-state index in [-0.39, 0.29) is 12.5 Å². The molecule has 0 bridgehead atoms. The van der Waals surface area contributed by atoms with Gasteiger partial charge >= 0.3 is 5.97 Å². The van der Waals surface area contributed by atoms with Crippen LogP contribution < -0.4 is 0 Å². The van der Waals surface area contributed by atoms with Gasteiger partial charge in [-0.25, -0.2) is 0 Å². The van der Waals surface area contributed by atoms with Gasteiger partial charge in [-0.1, -0.05) is 17.8 Å². The molecule has 1 fully saturated rings. The Balaban J connectivity index is 2.16. The summed E-state index contributed by atoms with van der Waals surface area (Å²) in [5, 5.41) is 13.1. The number of piperidine rings is 1. The molecule has 1 aromatic rings. The number of carbonyl (C=O) groups is 2. The van der Waals surface area contributed by atoms with Crippen LogP contribution >= 0.6 is 11.5 Å². The minimum absolute atomic E-state index is 0.156. The van der Waals surface area contributed by atoms with Crippen molar-refractivity contribution in [2.75, 3.05) is 13.1 Å². The maximum absolute atomic E-state index is 12.2. The highest BCUT2D eigenvalue weighted by Gasteiger charge is 2.43. The van der Waals surface area contributed by atoms with Crippen LogP contribution in [0.4, 0.5) is 0 Å². The highest BCUT2D eigenvalue weighted by molar-refractivity contribution is 7.07. The Labute approximate surface area is 115 Å². The fraction of sp³-hybridized carbons (Fsp3) is 0.667. The number of rotatable bonds is 4. The van der Waals surface area contributed by atoms with Crippen molar-refractivity contribution in [3.63, 3.8) is 0 Å². The molecule has 1 saturated heterocycles. The fourth-order valence-electron chi connectivity index (χ4n) is 2.69. The monoisotopic (exact) mass is 283 g/mol. The number of nitrogens with zero attached hydrogens (tertiary/aromatic N) is 3. The number of hydrogen-bond acceptors (Lipinski definition) is 5. The average molecular weight is 283 g/mol. The van der Waals surface area contributed by atoms with Gasteiger partial charge in [0, 0.05) is 13.1 Å². The van der Waals surface area contributed by atoms with Crippen LogP contribution in [0.15, 0.2) is 6.20 Å². The summed E-state index contributed by atoms with van der Waals surface area (Å²) < 4.78 is 3.67. The lowest BCUT2D eigenvalue weighted by atomic mass is 9.76. The molecular weight excluding hydrogens is 266 g/mol. The van der Waals surface area contributed by atoms with Crippen LogP contribution in [-0.2, 0) is 4.79 Å². The molecule has 104 valence electrons. The molecule has 1 atom stereocenters. The second kappa shape index (κ2) is 5.64. The van der Waals surface area contributed by atoms with Gasteiger partial charge in [0.2, 0.25) is 0 Å². The highest BCUT2D eigenvalue weighted by atomic mass is 32.1. The summed E-state index contributed by atoms with van der Waals surface area (Å²) >= 11 is 1.05. The summed E-state index contributed by atoms with van der Waals surface area (Å²) in [6, 6.07) is 0. The van der Waals surface area contributed by atoms with Crippen LogP contribution in [0, 0.1) is 5.41 Å². The first kappa shape index (κ1) is 13.9. The van der Waals surface area contributed by atoms with Gasteiger partial charge in [-0.15, -0.1) is 5.10 Å². The Bertz CT molecular complexity index is 459. The Morgan fingerprint density at radius 3 is 2.95 bits per heavy atom. The van der Waals surface area contributed by atoms with E-state index < -0.39 is 11.4 Å². The fourth-order valence-corrected chi connectivity index (χ4v) is 3.17. The molecule has 7 heteroatoms. The number of aliphatic carboxylic acids is 1. The third kappa shape index (κ3) is 2.75. The van der Waals surface area contributed by atoms with E-state index in [2.05, 4.69) is 9.59 Å². The summed E-state index contributed by atoms with van der Waals surface area (Å²) in [6.07, 6.45) is 4.21. The maximum atomic E-state index is 12.2. The SMILES string of the molecule is CCCC1(C(=O)O)CCCN(C(=O)c2cnns2)C1. The Kier molecular flexibility index (Phi) is 4.14. The third-order valence-electron chi connectivity index (χ3n) is 3.62. The van der Waals surface area contributed by atoms with E-state index in [1.807, 2.05) is 6.92 Å². The molecule has 0 radical (unpaired) electrons. The maximum Gasteiger partial charge on any atom is 0.311 e. The van der Waals surface area contributed by atoms with Gasteiger partial charge in [-0.05, 0) is 30.8 Å². The van der Waals surface area contributed by atoms with Crippen LogP contribution in [0.3, 0.4) is 0 Å². The van der Waals surface area contributed by atoms with Gasteiger partial charge < -0.3 is 10.0 Å². The topological polar surface area (TPSA) is 83.4 Å². The second-order valence-electron chi connectivity index (χ2n) is 4.95. The molecule has 2 rings (SSSR count). The van der Waals surface area contributed by atoms with Crippen LogP contribution in [-0.4, -0.2) is 44.6 Å². The minimum Gasteiger partial charge on any atom is -0.481 e. The molecule has 1 aromatic heterocycles. The molecule has 1 N–H and O–H groups in total. The van der Waals surface area contributed by atoms with Crippen molar-refractivity contribution in [3.05, 3.63) is 11.1 Å². The molecule has 1 aliphatic rings. The Hall–Kier alpha value is -1.50. The molecule has 1 aliphatic heterocycles. The molecule has 1 amide bonds. The first-order chi connectivity index (χ1) is 9.09. The molecule has 6 nitrogen and oxygen atoms in total. The van der Waals surface area contributed by atoms with Gasteiger partial charge in [0.1, 0.15) is 4.88 Å². The van der Waals surface area contributed by atoms with Gasteiger partial charge in [-0.2, -0.15) is 0 Å². The Morgan fingerprint density at radius 1 is 1.58 bits per heavy atom. The zero-order valence-electron chi connectivity index (χ0n) is 10.8. The van der Waals surface area contributed by atoms with Crippen LogP contribution in [0.25, 0.3) is 0 Å². The Morgan fingerprint density at radius 2 is 2.37 bits per heavy atom. The molecule has 0 spiro atoms. The highest BCUT2D eigenvalue weighted by Crippen LogP contribution is 2.35. The molecule has 0 aliphatic carbocycles. The number of aromatic nitrogens is 2. The molecule has 2 heterocycles. The van der Waals surface area contributed by atoms with Crippen LogP contribution in [0.2, 0.25) is 0 Å². The zero-order chi connectivity index (χ0) is 13.9. The smallest absolute Gasteiger partial charge is 0.311 e. The van der Waals surface area contributed by atoms with Gasteiger partial charge in [-0.3, -0.25) is 9.59 Å². The normalized spacial score (nSPS) is 23.3. The van der Waals surface area contributed by atoms with Crippen molar-refractivity contribution in [1.82, 2.24) is 14.5 Å². The summed E-state index contributed by atoms with van der Waals surface area (Å²) in [6.45, 7) is 2.86. The lowest BCUT2D eigenvalue weighted by molar-refractivity contribution is -0.152. The van der Waals surface area contributed by atoms with Crippen molar-refractivity contribution in [3.8, 4) is 0 Å². The predicted octanol–water partition coefficient (Wildman–Crippen LogP) is 1.65. The summed E-state index contributed by atoms with van der Waals surface area (Å²) in [5.74, 6) is -0.953. The van der Waals surface area contributed by atoms with Crippen molar-refractivity contribution in [2.45, 2.75) is 32.6 Å². The van der Waals surface area contributed by atoms with E-state index in [9.17, 15) is 14.7 Å². The van der Waals surface area contributed by atoms with E-state index >= 15 is 0 Å². The summed E-state index contributed by atoms with van der Waals surface area (Å²) in [5.41, 5.74) is -0.791. The quantitative estimate of drug-likeness (QED) is 0.908. The van der Waals surface area contributed by atoms with Crippen LogP contribution in [0.1, 0.15) is 42.3 Å². The zero-order valence-corrected chi connectivity index (χ0v) is 11.7. The number of amides is 1. The van der Waals surface area contributed by atoms with E-state index in [4.69, 9.17) is 0 Å². The van der Waals surface area contributed by atoms with Gasteiger partial charge in [0.25, 0.3) is 5.91 Å². The lowest BCUT2D eigenvalue weighted by Crippen LogP contribution is -2.49. The second-order valence-corrected chi connectivity index (χ2v) is 5.73. The molecule has 19 heavy (non-hydrogen) atoms. The van der Waals surface area contributed by atoms with Crippen molar-refractivity contribution < 1.29 is 14.7 Å². The predicted molar refractivity (Wildman–Crippen MR) is 70.0 cm³/mol. The number of carboxylic acid groups (broad SMARTS) is 1. The largest absolute Gasteiger partial charge is 0.481 e. The van der Waals surface area contributed by atoms with Crippen molar-refractivity contribution >= 4 is 23.4 Å². The van der Waals surface area contributed by atoms with Gasteiger partial charge in [0.15, 0.2) is 0 Å². The van der Waals surface area contributed by atoms with E-state index in [1.54, 1.807) is 4.90 Å². The number of likely N-dealkylation sites (tertiary alicyclic amines) is 1. The number of carbonyl (C=O) groups excluding carboxylic acids is 1. The minimum atomic E-state index is -0.797. The van der Waals surface area contributed by atoms with Crippen LogP contribution in [0.5, 0.6) is 0 Å². The molecular formula is C12H17N3O3S. The third-order valence-corrected chi connectivity index (χ3v) is 4.27. The van der Waals surface area contributed by atoms with E-state index in [1.165, 1.54) is 6.20 Å². The average Bonchev–Trinajstić information content (AvgIpc) is 2.92. The number of hydrogen-bond donors (Lipinski definition) is 1. The van der Waals surface area contributed by atoms with Gasteiger partial charge in [0.05, 0.1) is 11.6 Å². The molecule has 0 saturated carbocycles. The summed E-state index contributed by atoms with van der Waals surface area (Å²) in [7, 11) is 0. The molecule has 0 aromatic carbocycles. The standard InChI is InChI=1S/C12H17N3O3S/c1-2-4-12(11(17)18)5-3-6-15(8-12)10(16)9-7-13-14-19-9/h7H,2-6,8H2,1H3,(H,17,18). The first-order valence-electron chi connectivity index (χ1n) is 6.39. The first-order valence-corrected chi connectivity index (χ1v) is 7.16. The number of carboxylic acids is 1. The van der Waals surface area contributed by atoms with Crippen molar-refractivity contribution in [2.24, 2.45) is 5.41 Å². The van der Waals surface area contributed by atoms with Crippen molar-refractivity contribution in [1.29, 1.82) is 0 Å². The molecule has 1 unspecified atom stereocenters. The van der Waals surface area contributed by atoms with E-state index in [0.717, 1.165) is 24.4 Å².